The van der Waals surface area contributed by atoms with Crippen molar-refractivity contribution in [2.45, 2.75) is 19.9 Å². The second-order valence-corrected chi connectivity index (χ2v) is 10.1. The van der Waals surface area contributed by atoms with Crippen molar-refractivity contribution in [2.24, 2.45) is 4.99 Å². The lowest BCUT2D eigenvalue weighted by molar-refractivity contribution is -0.139. The Morgan fingerprint density at radius 1 is 1.00 bits per heavy atom. The number of allylic oxidation sites excluding steroid dienone is 1. The van der Waals surface area contributed by atoms with Crippen molar-refractivity contribution in [3.63, 3.8) is 0 Å². The van der Waals surface area contributed by atoms with Gasteiger partial charge in [0.05, 0.1) is 34.0 Å². The fourth-order valence-corrected chi connectivity index (χ4v) is 5.45. The van der Waals surface area contributed by atoms with Crippen LogP contribution < -0.4 is 19.6 Å². The lowest BCUT2D eigenvalue weighted by Gasteiger charge is -2.24. The number of carbonyl (C=O) groups is 2. The van der Waals surface area contributed by atoms with Gasteiger partial charge >= 0.3 is 11.9 Å². The van der Waals surface area contributed by atoms with Crippen molar-refractivity contribution in [1.29, 1.82) is 0 Å². The molecule has 0 saturated carbocycles. The zero-order valence-electron chi connectivity index (χ0n) is 21.1. The van der Waals surface area contributed by atoms with E-state index in [1.54, 1.807) is 73.0 Å². The van der Waals surface area contributed by atoms with Gasteiger partial charge in [-0.2, -0.15) is 0 Å². The third kappa shape index (κ3) is 5.48. The average Bonchev–Trinajstić information content (AvgIpc) is 3.23. The molecule has 7 nitrogen and oxygen atoms in total. The minimum atomic E-state index is -0.654. The van der Waals surface area contributed by atoms with Gasteiger partial charge in [-0.15, -0.1) is 0 Å². The first kappa shape index (κ1) is 26.3. The monoisotopic (exact) mass is 558 g/mol. The van der Waals surface area contributed by atoms with Crippen molar-refractivity contribution in [1.82, 2.24) is 4.57 Å². The van der Waals surface area contributed by atoms with Gasteiger partial charge in [0.1, 0.15) is 5.75 Å². The van der Waals surface area contributed by atoms with E-state index in [1.165, 1.54) is 11.3 Å². The normalized spacial score (nSPS) is 14.9. The van der Waals surface area contributed by atoms with Crippen LogP contribution in [0.4, 0.5) is 0 Å². The van der Waals surface area contributed by atoms with E-state index in [9.17, 15) is 14.4 Å². The number of carbonyl (C=O) groups excluding carboxylic acids is 2. The number of halogens is 1. The summed E-state index contributed by atoms with van der Waals surface area (Å²) in [5.74, 6) is -0.626. The van der Waals surface area contributed by atoms with Crippen LogP contribution in [0.15, 0.2) is 99.9 Å². The molecule has 196 valence electrons. The molecule has 0 bridgehead atoms. The third-order valence-corrected chi connectivity index (χ3v) is 7.34. The molecule has 0 N–H and O–H groups in total. The minimum absolute atomic E-state index is 0.215. The maximum absolute atomic E-state index is 13.7. The Labute approximate surface area is 232 Å². The SMILES string of the molecule is CCOC(=O)C1=C(C)N=c2s/c(=C/c3ccc(OC(=O)c4ccc(Cl)cc4)cc3)c(=O)n2[C@H]1c1ccccc1. The van der Waals surface area contributed by atoms with Crippen molar-refractivity contribution in [3.05, 3.63) is 132 Å². The number of hydrogen-bond donors (Lipinski definition) is 0. The zero-order valence-corrected chi connectivity index (χ0v) is 22.7. The van der Waals surface area contributed by atoms with Crippen molar-refractivity contribution >= 4 is 41.0 Å². The Bertz CT molecular complexity index is 1760. The van der Waals surface area contributed by atoms with Gasteiger partial charge in [-0.05, 0) is 67.4 Å². The van der Waals surface area contributed by atoms with E-state index in [-0.39, 0.29) is 12.2 Å². The Kier molecular flexibility index (Phi) is 7.58. The number of thiazole rings is 1. The number of hydrogen-bond acceptors (Lipinski definition) is 7. The highest BCUT2D eigenvalue weighted by atomic mass is 35.5. The van der Waals surface area contributed by atoms with Gasteiger partial charge < -0.3 is 9.47 Å². The summed E-state index contributed by atoms with van der Waals surface area (Å²) in [6.45, 7) is 3.71. The first-order valence-corrected chi connectivity index (χ1v) is 13.4. The van der Waals surface area contributed by atoms with Gasteiger partial charge in [0, 0.05) is 5.02 Å². The van der Waals surface area contributed by atoms with Crippen LogP contribution in [0.2, 0.25) is 5.02 Å². The molecule has 3 aromatic carbocycles. The largest absolute Gasteiger partial charge is 0.463 e. The van der Waals surface area contributed by atoms with Crippen molar-refractivity contribution < 1.29 is 19.1 Å². The molecular formula is C30H23ClN2O5S. The zero-order chi connectivity index (χ0) is 27.5. The second kappa shape index (κ2) is 11.2. The van der Waals surface area contributed by atoms with Crippen LogP contribution >= 0.6 is 22.9 Å². The molecule has 1 aliphatic heterocycles. The molecule has 2 heterocycles. The number of aromatic nitrogens is 1. The van der Waals surface area contributed by atoms with Crippen LogP contribution in [0.25, 0.3) is 6.08 Å². The summed E-state index contributed by atoms with van der Waals surface area (Å²) in [6.07, 6.45) is 1.75. The topological polar surface area (TPSA) is 87.0 Å². The van der Waals surface area contributed by atoms with Crippen LogP contribution in [0.5, 0.6) is 5.75 Å². The van der Waals surface area contributed by atoms with Gasteiger partial charge in [-0.3, -0.25) is 9.36 Å². The smallest absolute Gasteiger partial charge is 0.343 e. The molecular weight excluding hydrogens is 536 g/mol. The van der Waals surface area contributed by atoms with Gasteiger partial charge in [-0.25, -0.2) is 14.6 Å². The number of esters is 2. The van der Waals surface area contributed by atoms with Crippen molar-refractivity contribution in [2.75, 3.05) is 6.61 Å². The highest BCUT2D eigenvalue weighted by Gasteiger charge is 2.33. The van der Waals surface area contributed by atoms with Crippen LogP contribution in [0.1, 0.15) is 41.4 Å². The summed E-state index contributed by atoms with van der Waals surface area (Å²) in [5.41, 5.74) is 2.50. The average molecular weight is 559 g/mol. The first-order chi connectivity index (χ1) is 18.9. The standard InChI is InChI=1S/C30H23ClN2O5S/c1-3-37-29(36)25-18(2)32-30-33(26(25)20-7-5-4-6-8-20)27(34)24(39-30)17-19-9-15-23(16-10-19)38-28(35)21-11-13-22(31)14-12-21/h4-17,26H,3H2,1-2H3/b24-17+/t26-/m0/s1. The van der Waals surface area contributed by atoms with Crippen molar-refractivity contribution in [3.8, 4) is 5.75 Å². The molecule has 1 atom stereocenters. The van der Waals surface area contributed by atoms with E-state index in [0.717, 1.165) is 11.1 Å². The summed E-state index contributed by atoms with van der Waals surface area (Å²) in [4.78, 5) is 44.0. The fraction of sp³-hybridized carbons (Fsp3) is 0.133. The molecule has 0 amide bonds. The molecule has 39 heavy (non-hydrogen) atoms. The molecule has 0 spiro atoms. The lowest BCUT2D eigenvalue weighted by atomic mass is 9.96. The molecule has 0 aliphatic carbocycles. The van der Waals surface area contributed by atoms with Crippen LogP contribution in [-0.4, -0.2) is 23.1 Å². The molecule has 0 fully saturated rings. The molecule has 0 unspecified atom stereocenters. The number of rotatable bonds is 6. The molecule has 0 radical (unpaired) electrons. The number of nitrogens with zero attached hydrogens (tertiary/aromatic N) is 2. The minimum Gasteiger partial charge on any atom is -0.463 e. The van der Waals surface area contributed by atoms with E-state index < -0.39 is 18.0 Å². The maximum Gasteiger partial charge on any atom is 0.343 e. The van der Waals surface area contributed by atoms with Crippen LogP contribution in [0, 0.1) is 0 Å². The van der Waals surface area contributed by atoms with Crippen LogP contribution in [-0.2, 0) is 9.53 Å². The quantitative estimate of drug-likeness (QED) is 0.253. The molecule has 1 aromatic heterocycles. The summed E-state index contributed by atoms with van der Waals surface area (Å²) in [7, 11) is 0. The number of ether oxygens (including phenoxy) is 2. The maximum atomic E-state index is 13.7. The predicted octanol–water partition coefficient (Wildman–Crippen LogP) is 4.67. The highest BCUT2D eigenvalue weighted by molar-refractivity contribution is 7.07. The van der Waals surface area contributed by atoms with Gasteiger partial charge in [0.2, 0.25) is 0 Å². The summed E-state index contributed by atoms with van der Waals surface area (Å²) >= 11 is 7.12. The summed E-state index contributed by atoms with van der Waals surface area (Å²) in [6, 6.07) is 22.0. The van der Waals surface area contributed by atoms with E-state index in [1.807, 2.05) is 30.3 Å². The fourth-order valence-electron chi connectivity index (χ4n) is 4.28. The Balaban J connectivity index is 1.49. The van der Waals surface area contributed by atoms with Gasteiger partial charge in [-0.1, -0.05) is 65.4 Å². The molecule has 4 aromatic rings. The molecule has 5 rings (SSSR count). The molecule has 0 saturated heterocycles. The van der Waals surface area contributed by atoms with E-state index >= 15 is 0 Å². The predicted molar refractivity (Wildman–Crippen MR) is 150 cm³/mol. The number of benzene rings is 3. The first-order valence-electron chi connectivity index (χ1n) is 12.2. The van der Waals surface area contributed by atoms with E-state index in [4.69, 9.17) is 21.1 Å². The Hall–Kier alpha value is -4.27. The molecule has 1 aliphatic rings. The van der Waals surface area contributed by atoms with E-state index in [0.29, 0.717) is 36.9 Å². The Morgan fingerprint density at radius 2 is 1.69 bits per heavy atom. The van der Waals surface area contributed by atoms with Gasteiger partial charge in [0.15, 0.2) is 4.80 Å². The van der Waals surface area contributed by atoms with Crippen LogP contribution in [0.3, 0.4) is 0 Å². The second-order valence-electron chi connectivity index (χ2n) is 8.68. The summed E-state index contributed by atoms with van der Waals surface area (Å²) < 4.78 is 12.8. The van der Waals surface area contributed by atoms with E-state index in [2.05, 4.69) is 4.99 Å². The number of fused-ring (bicyclic) bond motifs is 1. The highest BCUT2D eigenvalue weighted by Crippen LogP contribution is 2.30. The molecule has 9 heteroatoms. The Morgan fingerprint density at radius 3 is 2.36 bits per heavy atom. The van der Waals surface area contributed by atoms with Gasteiger partial charge in [0.25, 0.3) is 5.56 Å². The third-order valence-electron chi connectivity index (χ3n) is 6.10. The lowest BCUT2D eigenvalue weighted by Crippen LogP contribution is -2.39. The summed E-state index contributed by atoms with van der Waals surface area (Å²) in [5, 5.41) is 0.531.